The van der Waals surface area contributed by atoms with E-state index in [0.29, 0.717) is 0 Å². The molecule has 1 rings (SSSR count). The van der Waals surface area contributed by atoms with Gasteiger partial charge in [-0.3, -0.25) is 9.42 Å². The summed E-state index contributed by atoms with van der Waals surface area (Å²) >= 11 is 3.24. The van der Waals surface area contributed by atoms with Gasteiger partial charge in [-0.1, -0.05) is 22.0 Å². The Labute approximate surface area is 96.3 Å². The molecule has 0 saturated carbocycles. The van der Waals surface area contributed by atoms with Crippen molar-refractivity contribution in [3.63, 3.8) is 0 Å². The van der Waals surface area contributed by atoms with Crippen molar-refractivity contribution in [2.45, 2.75) is 0 Å². The predicted octanol–water partition coefficient (Wildman–Crippen LogP) is 3.13. The lowest BCUT2D eigenvalue weighted by molar-refractivity contribution is 0.222. The van der Waals surface area contributed by atoms with Crippen molar-refractivity contribution in [2.24, 2.45) is 0 Å². The van der Waals surface area contributed by atoms with Gasteiger partial charge in [0.25, 0.3) is 0 Å². The van der Waals surface area contributed by atoms with Gasteiger partial charge in [0.2, 0.25) is 0 Å². The van der Waals surface area contributed by atoms with E-state index in [4.69, 9.17) is 4.52 Å². The highest BCUT2D eigenvalue weighted by atomic mass is 79.9. The van der Waals surface area contributed by atoms with E-state index in [1.165, 1.54) is 6.08 Å². The summed E-state index contributed by atoms with van der Waals surface area (Å²) in [5.41, 5.74) is 0. The minimum atomic E-state index is -4.03. The molecule has 1 N–H and O–H groups in total. The van der Waals surface area contributed by atoms with Gasteiger partial charge in [-0.15, -0.1) is 6.58 Å². The smallest absolute Gasteiger partial charge is 0.404 e. The van der Waals surface area contributed by atoms with Crippen LogP contribution in [0.5, 0.6) is 5.75 Å². The number of benzene rings is 1. The monoisotopic (exact) mass is 292 g/mol. The Morgan fingerprint density at radius 1 is 1.47 bits per heavy atom. The summed E-state index contributed by atoms with van der Waals surface area (Å²) in [5, 5.41) is 0. The molecule has 0 fully saturated rings. The van der Waals surface area contributed by atoms with Crippen LogP contribution >= 0.6 is 23.8 Å². The third-order valence-electron chi connectivity index (χ3n) is 1.39. The van der Waals surface area contributed by atoms with Crippen molar-refractivity contribution >= 4 is 23.8 Å². The molecular formula is C9H10BrO4P. The first-order chi connectivity index (χ1) is 7.03. The average molecular weight is 293 g/mol. The fraction of sp³-hybridized carbons (Fsp3) is 0.111. The van der Waals surface area contributed by atoms with Gasteiger partial charge < -0.3 is 4.52 Å². The molecular weight excluding hydrogens is 283 g/mol. The van der Waals surface area contributed by atoms with Gasteiger partial charge in [0, 0.05) is 4.47 Å². The van der Waals surface area contributed by atoms with Crippen LogP contribution in [0.4, 0.5) is 0 Å². The van der Waals surface area contributed by atoms with Crippen LogP contribution in [0.1, 0.15) is 0 Å². The van der Waals surface area contributed by atoms with Crippen LogP contribution in [-0.2, 0) is 9.09 Å². The quantitative estimate of drug-likeness (QED) is 0.669. The summed E-state index contributed by atoms with van der Waals surface area (Å²) in [6.07, 6.45) is 1.37. The highest BCUT2D eigenvalue weighted by molar-refractivity contribution is 9.10. The molecule has 1 aromatic rings. The zero-order valence-electron chi connectivity index (χ0n) is 7.80. The maximum Gasteiger partial charge on any atom is 0.527 e. The van der Waals surface area contributed by atoms with E-state index in [0.717, 1.165) is 4.47 Å². The highest BCUT2D eigenvalue weighted by Gasteiger charge is 2.21. The van der Waals surface area contributed by atoms with Crippen LogP contribution in [0.2, 0.25) is 0 Å². The molecule has 15 heavy (non-hydrogen) atoms. The fourth-order valence-corrected chi connectivity index (χ4v) is 1.80. The number of halogens is 1. The average Bonchev–Trinajstić information content (AvgIpc) is 2.18. The minimum absolute atomic E-state index is 0.0374. The van der Waals surface area contributed by atoms with E-state index >= 15 is 0 Å². The van der Waals surface area contributed by atoms with Gasteiger partial charge in [0.1, 0.15) is 5.75 Å². The van der Waals surface area contributed by atoms with Crippen molar-refractivity contribution in [2.75, 3.05) is 6.61 Å². The number of rotatable bonds is 5. The zero-order valence-corrected chi connectivity index (χ0v) is 10.3. The first-order valence-corrected chi connectivity index (χ1v) is 6.36. The van der Waals surface area contributed by atoms with Gasteiger partial charge in [0.15, 0.2) is 0 Å². The second-order valence-electron chi connectivity index (χ2n) is 2.60. The largest absolute Gasteiger partial charge is 0.527 e. The Morgan fingerprint density at radius 3 is 2.60 bits per heavy atom. The first-order valence-electron chi connectivity index (χ1n) is 4.07. The fourth-order valence-electron chi connectivity index (χ4n) is 0.802. The third kappa shape index (κ3) is 4.62. The van der Waals surface area contributed by atoms with E-state index in [1.807, 2.05) is 0 Å². The second kappa shape index (κ2) is 5.47. The molecule has 0 aliphatic rings. The normalized spacial score (nSPS) is 14.3. The maximum absolute atomic E-state index is 11.3. The molecule has 0 saturated heterocycles. The van der Waals surface area contributed by atoms with Crippen LogP contribution in [-0.4, -0.2) is 11.5 Å². The Balaban J connectivity index is 2.64. The SMILES string of the molecule is C=CCOP(=O)(O)Oc1ccc(Br)cc1. The molecule has 0 radical (unpaired) electrons. The molecule has 1 aromatic carbocycles. The van der Waals surface area contributed by atoms with Crippen LogP contribution in [0.3, 0.4) is 0 Å². The zero-order chi connectivity index (χ0) is 11.3. The van der Waals surface area contributed by atoms with E-state index in [-0.39, 0.29) is 12.4 Å². The molecule has 82 valence electrons. The molecule has 0 spiro atoms. The lowest BCUT2D eigenvalue weighted by Gasteiger charge is -2.11. The Kier molecular flexibility index (Phi) is 4.54. The summed E-state index contributed by atoms with van der Waals surface area (Å²) in [6, 6.07) is 6.51. The molecule has 1 unspecified atom stereocenters. The molecule has 0 aliphatic carbocycles. The Hall–Kier alpha value is -0.610. The molecule has 0 heterocycles. The van der Waals surface area contributed by atoms with Crippen molar-refractivity contribution in [3.8, 4) is 5.75 Å². The van der Waals surface area contributed by atoms with Crippen molar-refractivity contribution in [3.05, 3.63) is 41.4 Å². The number of hydrogen-bond acceptors (Lipinski definition) is 3. The molecule has 0 bridgehead atoms. The maximum atomic E-state index is 11.3. The first kappa shape index (κ1) is 12.5. The standard InChI is InChI=1S/C9H10BrO4P/c1-2-7-13-15(11,12)14-9-5-3-8(10)4-6-9/h2-6H,1,7H2,(H,11,12). The van der Waals surface area contributed by atoms with Crippen molar-refractivity contribution < 1.29 is 18.5 Å². The van der Waals surface area contributed by atoms with E-state index in [9.17, 15) is 9.46 Å². The van der Waals surface area contributed by atoms with Gasteiger partial charge in [-0.05, 0) is 24.3 Å². The minimum Gasteiger partial charge on any atom is -0.404 e. The van der Waals surface area contributed by atoms with Gasteiger partial charge in [-0.2, -0.15) is 0 Å². The lowest BCUT2D eigenvalue weighted by Crippen LogP contribution is -1.97. The number of hydrogen-bond donors (Lipinski definition) is 1. The van der Waals surface area contributed by atoms with Gasteiger partial charge >= 0.3 is 7.82 Å². The molecule has 0 amide bonds. The Morgan fingerprint density at radius 2 is 2.07 bits per heavy atom. The highest BCUT2D eigenvalue weighted by Crippen LogP contribution is 2.43. The van der Waals surface area contributed by atoms with Gasteiger partial charge in [0.05, 0.1) is 6.61 Å². The molecule has 4 nitrogen and oxygen atoms in total. The predicted molar refractivity (Wildman–Crippen MR) is 60.7 cm³/mol. The molecule has 0 aromatic heterocycles. The lowest BCUT2D eigenvalue weighted by atomic mass is 10.3. The topological polar surface area (TPSA) is 55.8 Å². The van der Waals surface area contributed by atoms with Crippen LogP contribution in [0, 0.1) is 0 Å². The van der Waals surface area contributed by atoms with Crippen LogP contribution in [0.25, 0.3) is 0 Å². The summed E-state index contributed by atoms with van der Waals surface area (Å²) in [7, 11) is -4.03. The van der Waals surface area contributed by atoms with Crippen LogP contribution in [0.15, 0.2) is 41.4 Å². The van der Waals surface area contributed by atoms with Gasteiger partial charge in [-0.25, -0.2) is 4.57 Å². The van der Waals surface area contributed by atoms with Crippen LogP contribution < -0.4 is 4.52 Å². The molecule has 0 aliphatic heterocycles. The third-order valence-corrected chi connectivity index (χ3v) is 2.84. The summed E-state index contributed by atoms with van der Waals surface area (Å²) in [6.45, 7) is 3.33. The van der Waals surface area contributed by atoms with Crippen molar-refractivity contribution in [1.82, 2.24) is 0 Å². The molecule has 1 atom stereocenters. The summed E-state index contributed by atoms with van der Waals surface area (Å²) in [4.78, 5) is 9.22. The summed E-state index contributed by atoms with van der Waals surface area (Å²) in [5.74, 6) is 0.271. The van der Waals surface area contributed by atoms with E-state index < -0.39 is 7.82 Å². The summed E-state index contributed by atoms with van der Waals surface area (Å²) < 4.78 is 21.5. The van der Waals surface area contributed by atoms with E-state index in [1.54, 1.807) is 24.3 Å². The second-order valence-corrected chi connectivity index (χ2v) is 4.89. The number of phosphoric ester groups is 1. The number of phosphoric acid groups is 1. The van der Waals surface area contributed by atoms with E-state index in [2.05, 4.69) is 27.0 Å². The Bertz CT molecular complexity index is 376. The molecule has 6 heteroatoms. The van der Waals surface area contributed by atoms with Crippen molar-refractivity contribution in [1.29, 1.82) is 0 Å².